The molecule has 0 spiro atoms. The van der Waals surface area contributed by atoms with E-state index in [4.69, 9.17) is 0 Å². The molecular weight excluding hydrogens is 254 g/mol. The van der Waals surface area contributed by atoms with E-state index in [1.807, 2.05) is 0 Å². The van der Waals surface area contributed by atoms with Gasteiger partial charge < -0.3 is 5.32 Å². The van der Waals surface area contributed by atoms with E-state index in [0.717, 1.165) is 18.4 Å². The maximum atomic E-state index is 3.90. The molecule has 118 valence electrons. The second-order valence-electron chi connectivity index (χ2n) is 6.93. The third-order valence-electron chi connectivity index (χ3n) is 5.30. The Bertz CT molecular complexity index is 378. The molecule has 0 radical (unpaired) electrons. The van der Waals surface area contributed by atoms with Crippen molar-refractivity contribution in [2.24, 2.45) is 11.8 Å². The van der Waals surface area contributed by atoms with Crippen LogP contribution in [0, 0.1) is 11.8 Å². The van der Waals surface area contributed by atoms with Crippen molar-refractivity contribution in [2.75, 3.05) is 6.54 Å². The molecule has 1 aliphatic carbocycles. The molecule has 0 aliphatic heterocycles. The molecule has 2 unspecified atom stereocenters. The summed E-state index contributed by atoms with van der Waals surface area (Å²) in [6, 6.07) is 11.8. The first-order valence-electron chi connectivity index (χ1n) is 9.04. The van der Waals surface area contributed by atoms with E-state index in [1.165, 1.54) is 44.1 Å². The van der Waals surface area contributed by atoms with Gasteiger partial charge in [0.2, 0.25) is 0 Å². The smallest absolute Gasteiger partial charge is 0.0164 e. The molecule has 1 saturated carbocycles. The van der Waals surface area contributed by atoms with Crippen molar-refractivity contribution in [2.45, 2.75) is 71.3 Å². The van der Waals surface area contributed by atoms with Gasteiger partial charge in [0.25, 0.3) is 0 Å². The van der Waals surface area contributed by atoms with E-state index >= 15 is 0 Å². The highest BCUT2D eigenvalue weighted by Crippen LogP contribution is 2.37. The van der Waals surface area contributed by atoms with Crippen LogP contribution in [0.1, 0.15) is 70.8 Å². The first kappa shape index (κ1) is 16.5. The van der Waals surface area contributed by atoms with E-state index in [2.05, 4.69) is 56.4 Å². The van der Waals surface area contributed by atoms with E-state index < -0.39 is 0 Å². The number of benzene rings is 1. The Morgan fingerprint density at radius 2 is 1.71 bits per heavy atom. The summed E-state index contributed by atoms with van der Waals surface area (Å²) in [5.74, 6) is 2.46. The Morgan fingerprint density at radius 3 is 2.29 bits per heavy atom. The first-order valence-corrected chi connectivity index (χ1v) is 9.04. The molecule has 0 saturated heterocycles. The zero-order valence-electron chi connectivity index (χ0n) is 14.1. The lowest BCUT2D eigenvalue weighted by atomic mass is 9.73. The van der Waals surface area contributed by atoms with Gasteiger partial charge in [-0.15, -0.1) is 0 Å². The maximum Gasteiger partial charge on any atom is 0.0164 e. The maximum absolute atomic E-state index is 3.90. The molecular formula is C20H33N. The second kappa shape index (κ2) is 8.58. The standard InChI is InChI=1S/C20H33N/c1-4-15-21-20(18-13-11-16(3)12-14-18)19(5-2)17-9-7-6-8-10-17/h6-10,16,18-21H,4-5,11-15H2,1-3H3. The van der Waals surface area contributed by atoms with Crippen LogP contribution in [0.3, 0.4) is 0 Å². The van der Waals surface area contributed by atoms with Crippen LogP contribution in [0.5, 0.6) is 0 Å². The first-order chi connectivity index (χ1) is 10.3. The van der Waals surface area contributed by atoms with Gasteiger partial charge in [-0.05, 0) is 55.5 Å². The normalized spacial score (nSPS) is 25.5. The van der Waals surface area contributed by atoms with Gasteiger partial charge in [0.15, 0.2) is 0 Å². The molecule has 2 atom stereocenters. The van der Waals surface area contributed by atoms with Crippen molar-refractivity contribution in [1.29, 1.82) is 0 Å². The SMILES string of the molecule is CCCNC(C1CCC(C)CC1)C(CC)c1ccccc1. The van der Waals surface area contributed by atoms with Crippen LogP contribution in [-0.2, 0) is 0 Å². The predicted octanol–water partition coefficient (Wildman–Crippen LogP) is 5.37. The summed E-state index contributed by atoms with van der Waals surface area (Å²) < 4.78 is 0. The van der Waals surface area contributed by atoms with E-state index in [0.29, 0.717) is 12.0 Å². The zero-order valence-corrected chi connectivity index (χ0v) is 14.1. The van der Waals surface area contributed by atoms with Gasteiger partial charge in [-0.2, -0.15) is 0 Å². The van der Waals surface area contributed by atoms with Crippen LogP contribution in [0.2, 0.25) is 0 Å². The summed E-state index contributed by atoms with van der Waals surface area (Å²) in [4.78, 5) is 0. The van der Waals surface area contributed by atoms with E-state index in [9.17, 15) is 0 Å². The number of hydrogen-bond donors (Lipinski definition) is 1. The van der Waals surface area contributed by atoms with Crippen molar-refractivity contribution in [3.05, 3.63) is 35.9 Å². The van der Waals surface area contributed by atoms with Crippen LogP contribution in [-0.4, -0.2) is 12.6 Å². The molecule has 21 heavy (non-hydrogen) atoms. The number of hydrogen-bond acceptors (Lipinski definition) is 1. The minimum Gasteiger partial charge on any atom is -0.313 e. The predicted molar refractivity (Wildman–Crippen MR) is 92.7 cm³/mol. The minimum absolute atomic E-state index is 0.657. The van der Waals surface area contributed by atoms with Gasteiger partial charge in [-0.1, -0.05) is 63.9 Å². The molecule has 2 rings (SSSR count). The van der Waals surface area contributed by atoms with E-state index in [1.54, 1.807) is 0 Å². The zero-order chi connectivity index (χ0) is 15.1. The van der Waals surface area contributed by atoms with E-state index in [-0.39, 0.29) is 0 Å². The van der Waals surface area contributed by atoms with Gasteiger partial charge in [-0.25, -0.2) is 0 Å². The second-order valence-corrected chi connectivity index (χ2v) is 6.93. The van der Waals surface area contributed by atoms with Crippen molar-refractivity contribution >= 4 is 0 Å². The van der Waals surface area contributed by atoms with Gasteiger partial charge >= 0.3 is 0 Å². The molecule has 1 N–H and O–H groups in total. The fourth-order valence-corrected chi connectivity index (χ4v) is 3.99. The lowest BCUT2D eigenvalue weighted by molar-refractivity contribution is 0.206. The highest BCUT2D eigenvalue weighted by molar-refractivity contribution is 5.21. The van der Waals surface area contributed by atoms with Gasteiger partial charge in [0, 0.05) is 6.04 Å². The molecule has 0 aromatic heterocycles. The van der Waals surface area contributed by atoms with Gasteiger partial charge in [-0.3, -0.25) is 0 Å². The van der Waals surface area contributed by atoms with Crippen LogP contribution in [0.15, 0.2) is 30.3 Å². The Hall–Kier alpha value is -0.820. The van der Waals surface area contributed by atoms with Crippen molar-refractivity contribution in [1.82, 2.24) is 5.32 Å². The minimum atomic E-state index is 0.657. The molecule has 1 heteroatoms. The van der Waals surface area contributed by atoms with Gasteiger partial charge in [0.05, 0.1) is 0 Å². The molecule has 1 aliphatic rings. The quantitative estimate of drug-likeness (QED) is 0.710. The highest BCUT2D eigenvalue weighted by Gasteiger charge is 2.31. The fraction of sp³-hybridized carbons (Fsp3) is 0.700. The molecule has 0 heterocycles. The Balaban J connectivity index is 2.13. The average Bonchev–Trinajstić information content (AvgIpc) is 2.53. The lowest BCUT2D eigenvalue weighted by Crippen LogP contribution is -2.42. The Morgan fingerprint density at radius 1 is 1.05 bits per heavy atom. The molecule has 0 bridgehead atoms. The van der Waals surface area contributed by atoms with Gasteiger partial charge in [0.1, 0.15) is 0 Å². The monoisotopic (exact) mass is 287 g/mol. The van der Waals surface area contributed by atoms with Crippen LogP contribution < -0.4 is 5.32 Å². The van der Waals surface area contributed by atoms with Crippen LogP contribution in [0.4, 0.5) is 0 Å². The van der Waals surface area contributed by atoms with Crippen LogP contribution >= 0.6 is 0 Å². The summed E-state index contributed by atoms with van der Waals surface area (Å²) >= 11 is 0. The largest absolute Gasteiger partial charge is 0.313 e. The topological polar surface area (TPSA) is 12.0 Å². The summed E-state index contributed by atoms with van der Waals surface area (Å²) in [6.45, 7) is 8.19. The van der Waals surface area contributed by atoms with Crippen LogP contribution in [0.25, 0.3) is 0 Å². The third kappa shape index (κ3) is 4.57. The molecule has 1 aromatic carbocycles. The molecule has 1 aromatic rings. The lowest BCUT2D eigenvalue weighted by Gasteiger charge is -2.38. The average molecular weight is 287 g/mol. The Kier molecular flexibility index (Phi) is 6.76. The number of nitrogens with one attached hydrogen (secondary N) is 1. The third-order valence-corrected chi connectivity index (χ3v) is 5.30. The van der Waals surface area contributed by atoms with Crippen molar-refractivity contribution in [3.63, 3.8) is 0 Å². The highest BCUT2D eigenvalue weighted by atomic mass is 14.9. The fourth-order valence-electron chi connectivity index (χ4n) is 3.99. The molecule has 0 amide bonds. The number of rotatable bonds is 7. The summed E-state index contributed by atoms with van der Waals surface area (Å²) in [6.07, 6.45) is 8.11. The summed E-state index contributed by atoms with van der Waals surface area (Å²) in [5, 5.41) is 3.90. The summed E-state index contributed by atoms with van der Waals surface area (Å²) in [7, 11) is 0. The molecule has 1 fully saturated rings. The molecule has 1 nitrogen and oxygen atoms in total. The van der Waals surface area contributed by atoms with Crippen molar-refractivity contribution in [3.8, 4) is 0 Å². The Labute approximate surface area is 131 Å². The van der Waals surface area contributed by atoms with Crippen molar-refractivity contribution < 1.29 is 0 Å². The summed E-state index contributed by atoms with van der Waals surface area (Å²) in [5.41, 5.74) is 1.52.